The Balaban J connectivity index is 1.36. The van der Waals surface area contributed by atoms with Gasteiger partial charge in [0, 0.05) is 36.4 Å². The average molecular weight is 377 g/mol. The third kappa shape index (κ3) is 3.37. The van der Waals surface area contributed by atoms with Crippen molar-refractivity contribution in [2.24, 2.45) is 5.92 Å². The molecule has 0 aliphatic carbocycles. The first-order chi connectivity index (χ1) is 13.8. The lowest BCUT2D eigenvalue weighted by Crippen LogP contribution is -2.27. The van der Waals surface area contributed by atoms with E-state index in [1.165, 1.54) is 11.1 Å². The number of anilines is 1. The summed E-state index contributed by atoms with van der Waals surface area (Å²) >= 11 is 0. The van der Waals surface area contributed by atoms with Gasteiger partial charge in [0.15, 0.2) is 5.75 Å². The van der Waals surface area contributed by atoms with Gasteiger partial charge in [0.25, 0.3) is 0 Å². The third-order valence-electron chi connectivity index (χ3n) is 5.49. The van der Waals surface area contributed by atoms with Crippen molar-refractivity contribution in [2.45, 2.75) is 18.9 Å². The maximum atomic E-state index is 6.42. The number of rotatable bonds is 4. The molecule has 0 radical (unpaired) electrons. The topological polar surface area (TPSA) is 78.6 Å². The van der Waals surface area contributed by atoms with Crippen LogP contribution >= 0.6 is 0 Å². The Morgan fingerprint density at radius 3 is 3.07 bits per heavy atom. The molecule has 0 amide bonds. The van der Waals surface area contributed by atoms with Crippen molar-refractivity contribution in [3.05, 3.63) is 59.7 Å². The Kier molecular flexibility index (Phi) is 4.50. The largest absolute Gasteiger partial charge is 0.486 e. The normalized spacial score (nSPS) is 21.3. The molecule has 6 heteroatoms. The van der Waals surface area contributed by atoms with E-state index in [2.05, 4.69) is 22.4 Å². The van der Waals surface area contributed by atoms with Gasteiger partial charge < -0.3 is 20.7 Å². The molecule has 144 valence electrons. The molecule has 2 aliphatic heterocycles. The van der Waals surface area contributed by atoms with Crippen LogP contribution in [-0.2, 0) is 17.7 Å². The predicted octanol–water partition coefficient (Wildman–Crippen LogP) is 2.89. The monoisotopic (exact) mass is 377 g/mol. The van der Waals surface area contributed by atoms with Crippen molar-refractivity contribution in [1.29, 1.82) is 0 Å². The SMILES string of the molecule is Nc1ccc2cccc(O[C@@H]3CNCC3Cc3ccc4c(c3)CCOO4)c2n1. The molecule has 6 nitrogen and oxygen atoms in total. The molecule has 3 heterocycles. The first-order valence-electron chi connectivity index (χ1n) is 9.70. The molecule has 28 heavy (non-hydrogen) atoms. The van der Waals surface area contributed by atoms with Crippen molar-refractivity contribution >= 4 is 16.7 Å². The fourth-order valence-corrected chi connectivity index (χ4v) is 4.04. The van der Waals surface area contributed by atoms with E-state index >= 15 is 0 Å². The van der Waals surface area contributed by atoms with Crippen LogP contribution in [0.3, 0.4) is 0 Å². The minimum Gasteiger partial charge on any atom is -0.486 e. The molecule has 0 spiro atoms. The Morgan fingerprint density at radius 2 is 2.11 bits per heavy atom. The Bertz CT molecular complexity index is 1010. The molecule has 1 fully saturated rings. The fraction of sp³-hybridized carbons (Fsp3) is 0.318. The molecule has 2 atom stereocenters. The van der Waals surface area contributed by atoms with Crippen molar-refractivity contribution in [3.8, 4) is 11.5 Å². The Morgan fingerprint density at radius 1 is 1.14 bits per heavy atom. The first-order valence-corrected chi connectivity index (χ1v) is 9.70. The molecule has 2 aromatic carbocycles. The van der Waals surface area contributed by atoms with Crippen LogP contribution in [0.4, 0.5) is 5.82 Å². The molecule has 1 unspecified atom stereocenters. The number of pyridine rings is 1. The number of hydrogen-bond acceptors (Lipinski definition) is 6. The maximum Gasteiger partial charge on any atom is 0.168 e. The van der Waals surface area contributed by atoms with E-state index in [1.807, 2.05) is 36.4 Å². The van der Waals surface area contributed by atoms with Gasteiger partial charge in [0.2, 0.25) is 0 Å². The van der Waals surface area contributed by atoms with E-state index in [9.17, 15) is 0 Å². The second kappa shape index (κ2) is 7.30. The van der Waals surface area contributed by atoms with Gasteiger partial charge in [-0.05, 0) is 36.2 Å². The zero-order chi connectivity index (χ0) is 18.9. The molecule has 0 saturated carbocycles. The second-order valence-corrected chi connectivity index (χ2v) is 7.44. The van der Waals surface area contributed by atoms with Gasteiger partial charge >= 0.3 is 0 Å². The summed E-state index contributed by atoms with van der Waals surface area (Å²) in [6.07, 6.45) is 1.92. The minimum absolute atomic E-state index is 0.0875. The van der Waals surface area contributed by atoms with Crippen molar-refractivity contribution in [2.75, 3.05) is 25.4 Å². The lowest BCUT2D eigenvalue weighted by molar-refractivity contribution is -0.215. The van der Waals surface area contributed by atoms with Gasteiger partial charge in [-0.25, -0.2) is 4.98 Å². The van der Waals surface area contributed by atoms with Crippen LogP contribution in [0.2, 0.25) is 0 Å². The van der Waals surface area contributed by atoms with Crippen molar-refractivity contribution in [1.82, 2.24) is 10.3 Å². The van der Waals surface area contributed by atoms with E-state index < -0.39 is 0 Å². The molecular formula is C22H23N3O3. The Hall–Kier alpha value is -2.83. The lowest BCUT2D eigenvalue weighted by Gasteiger charge is -2.22. The number of para-hydroxylation sites is 1. The minimum atomic E-state index is 0.0875. The maximum absolute atomic E-state index is 6.42. The number of hydrogen-bond donors (Lipinski definition) is 2. The zero-order valence-corrected chi connectivity index (χ0v) is 15.6. The van der Waals surface area contributed by atoms with Crippen molar-refractivity contribution < 1.29 is 14.5 Å². The van der Waals surface area contributed by atoms with Crippen LogP contribution in [0.1, 0.15) is 11.1 Å². The number of nitrogens with two attached hydrogens (primary N) is 1. The van der Waals surface area contributed by atoms with Crippen LogP contribution in [0.15, 0.2) is 48.5 Å². The zero-order valence-electron chi connectivity index (χ0n) is 15.6. The highest BCUT2D eigenvalue weighted by Crippen LogP contribution is 2.30. The molecule has 3 aromatic rings. The number of nitrogens with one attached hydrogen (secondary N) is 1. The lowest BCUT2D eigenvalue weighted by atomic mass is 9.94. The third-order valence-corrected chi connectivity index (χ3v) is 5.49. The van der Waals surface area contributed by atoms with E-state index in [-0.39, 0.29) is 6.10 Å². The number of nitrogen functional groups attached to an aromatic ring is 1. The average Bonchev–Trinajstić information content (AvgIpc) is 3.15. The summed E-state index contributed by atoms with van der Waals surface area (Å²) in [7, 11) is 0. The van der Waals surface area contributed by atoms with E-state index in [1.54, 1.807) is 0 Å². The molecule has 1 aromatic heterocycles. The fourth-order valence-electron chi connectivity index (χ4n) is 4.04. The van der Waals surface area contributed by atoms with Crippen LogP contribution in [0, 0.1) is 5.92 Å². The quantitative estimate of drug-likeness (QED) is 0.681. The highest BCUT2D eigenvalue weighted by Gasteiger charge is 2.30. The second-order valence-electron chi connectivity index (χ2n) is 7.44. The standard InChI is InChI=1S/C22H23N3O3/c23-21-7-5-15-2-1-3-19(22(15)25-21)27-20-13-24-12-17(20)11-14-4-6-18-16(10-14)8-9-26-28-18/h1-7,10,17,20,24H,8-9,11-13H2,(H2,23,25)/t17?,20-/m1/s1. The molecular weight excluding hydrogens is 354 g/mol. The van der Waals surface area contributed by atoms with Gasteiger partial charge in [-0.2, -0.15) is 4.89 Å². The van der Waals surface area contributed by atoms with Gasteiger partial charge in [-0.1, -0.05) is 24.3 Å². The highest BCUT2D eigenvalue weighted by molar-refractivity contribution is 5.85. The summed E-state index contributed by atoms with van der Waals surface area (Å²) in [5, 5.41) is 4.50. The Labute approximate surface area is 163 Å². The molecule has 3 N–H and O–H groups in total. The summed E-state index contributed by atoms with van der Waals surface area (Å²) in [5.74, 6) is 2.51. The summed E-state index contributed by atoms with van der Waals surface area (Å²) < 4.78 is 6.42. The van der Waals surface area contributed by atoms with Crippen LogP contribution < -0.4 is 20.7 Å². The summed E-state index contributed by atoms with van der Waals surface area (Å²) in [4.78, 5) is 14.8. The molecule has 1 saturated heterocycles. The first kappa shape index (κ1) is 17.3. The molecule has 0 bridgehead atoms. The van der Waals surface area contributed by atoms with Gasteiger partial charge in [0.05, 0.1) is 6.61 Å². The number of benzene rings is 2. The van der Waals surface area contributed by atoms with Crippen LogP contribution in [0.5, 0.6) is 11.5 Å². The highest BCUT2D eigenvalue weighted by atomic mass is 17.2. The van der Waals surface area contributed by atoms with E-state index in [0.29, 0.717) is 18.3 Å². The van der Waals surface area contributed by atoms with Gasteiger partial charge in [0.1, 0.15) is 23.2 Å². The molecule has 2 aliphatic rings. The summed E-state index contributed by atoms with van der Waals surface area (Å²) in [6.45, 7) is 2.36. The number of nitrogens with zero attached hydrogens (tertiary/aromatic N) is 1. The van der Waals surface area contributed by atoms with Crippen LogP contribution in [-0.4, -0.2) is 30.8 Å². The van der Waals surface area contributed by atoms with E-state index in [0.717, 1.165) is 48.3 Å². The number of aromatic nitrogens is 1. The molecule has 5 rings (SSSR count). The number of fused-ring (bicyclic) bond motifs is 2. The predicted molar refractivity (Wildman–Crippen MR) is 107 cm³/mol. The number of ether oxygens (including phenoxy) is 1. The smallest absolute Gasteiger partial charge is 0.168 e. The van der Waals surface area contributed by atoms with Gasteiger partial charge in [-0.3, -0.25) is 0 Å². The summed E-state index contributed by atoms with van der Waals surface area (Å²) in [6, 6.07) is 16.1. The van der Waals surface area contributed by atoms with Gasteiger partial charge in [-0.15, -0.1) is 0 Å². The van der Waals surface area contributed by atoms with E-state index in [4.69, 9.17) is 20.2 Å². The van der Waals surface area contributed by atoms with Crippen LogP contribution in [0.25, 0.3) is 10.9 Å². The van der Waals surface area contributed by atoms with Crippen molar-refractivity contribution in [3.63, 3.8) is 0 Å². The summed E-state index contributed by atoms with van der Waals surface area (Å²) in [5.41, 5.74) is 9.21.